The van der Waals surface area contributed by atoms with Gasteiger partial charge in [-0.05, 0) is 20.8 Å². The van der Waals surface area contributed by atoms with E-state index < -0.39 is 5.60 Å². The van der Waals surface area contributed by atoms with Crippen LogP contribution in [0.15, 0.2) is 11.6 Å². The van der Waals surface area contributed by atoms with Crippen LogP contribution in [-0.2, 0) is 0 Å². The Hall–Kier alpha value is -0.940. The zero-order valence-corrected chi connectivity index (χ0v) is 9.26. The summed E-state index contributed by atoms with van der Waals surface area (Å²) in [5.74, 6) is -0.241. The standard InChI is InChI=1S/C9H14N2O2S/c1-6(9(2,3)13)11-7(12)8-10-4-5-14-8/h4-6,13H,1-3H3,(H,11,12)/t6-/m1/s1. The molecule has 1 rings (SSSR count). The van der Waals surface area contributed by atoms with Gasteiger partial charge < -0.3 is 10.4 Å². The maximum absolute atomic E-state index is 11.5. The molecule has 0 bridgehead atoms. The monoisotopic (exact) mass is 214 g/mol. The number of nitrogens with one attached hydrogen (secondary N) is 1. The zero-order chi connectivity index (χ0) is 10.8. The Morgan fingerprint density at radius 3 is 2.79 bits per heavy atom. The Balaban J connectivity index is 2.58. The fraction of sp³-hybridized carbons (Fsp3) is 0.556. The lowest BCUT2D eigenvalue weighted by atomic mass is 10.0. The molecule has 2 N–H and O–H groups in total. The molecular weight excluding hydrogens is 200 g/mol. The third-order valence-electron chi connectivity index (χ3n) is 2.03. The van der Waals surface area contributed by atoms with Crippen LogP contribution >= 0.6 is 11.3 Å². The minimum Gasteiger partial charge on any atom is -0.388 e. The van der Waals surface area contributed by atoms with Crippen LogP contribution in [0.3, 0.4) is 0 Å². The van der Waals surface area contributed by atoms with Gasteiger partial charge >= 0.3 is 0 Å². The third-order valence-corrected chi connectivity index (χ3v) is 2.81. The topological polar surface area (TPSA) is 62.2 Å². The summed E-state index contributed by atoms with van der Waals surface area (Å²) >= 11 is 1.28. The van der Waals surface area contributed by atoms with Crippen molar-refractivity contribution in [2.75, 3.05) is 0 Å². The van der Waals surface area contributed by atoms with Gasteiger partial charge in [-0.25, -0.2) is 4.98 Å². The summed E-state index contributed by atoms with van der Waals surface area (Å²) in [4.78, 5) is 15.4. The lowest BCUT2D eigenvalue weighted by Crippen LogP contribution is -2.47. The first-order valence-electron chi connectivity index (χ1n) is 4.34. The summed E-state index contributed by atoms with van der Waals surface area (Å²) in [5, 5.41) is 14.4. The largest absolute Gasteiger partial charge is 0.388 e. The number of aliphatic hydroxyl groups is 1. The van der Waals surface area contributed by atoms with E-state index in [1.165, 1.54) is 11.3 Å². The number of thiazole rings is 1. The van der Waals surface area contributed by atoms with Gasteiger partial charge in [0.05, 0.1) is 11.6 Å². The van der Waals surface area contributed by atoms with Crippen LogP contribution in [-0.4, -0.2) is 27.6 Å². The fourth-order valence-electron chi connectivity index (χ4n) is 0.771. The molecule has 0 saturated heterocycles. The number of carbonyl (C=O) groups is 1. The molecule has 1 aromatic rings. The molecule has 0 aliphatic rings. The molecule has 0 radical (unpaired) electrons. The first kappa shape index (κ1) is 11.1. The molecule has 4 nitrogen and oxygen atoms in total. The molecule has 0 aliphatic carbocycles. The van der Waals surface area contributed by atoms with E-state index >= 15 is 0 Å². The zero-order valence-electron chi connectivity index (χ0n) is 8.44. The Kier molecular flexibility index (Phi) is 3.23. The average molecular weight is 214 g/mol. The second-order valence-corrected chi connectivity index (χ2v) is 4.58. The van der Waals surface area contributed by atoms with Crippen LogP contribution in [0.4, 0.5) is 0 Å². The van der Waals surface area contributed by atoms with Gasteiger partial charge in [0, 0.05) is 11.6 Å². The average Bonchev–Trinajstić information content (AvgIpc) is 2.53. The summed E-state index contributed by atoms with van der Waals surface area (Å²) in [6, 6.07) is -0.307. The summed E-state index contributed by atoms with van der Waals surface area (Å²) in [7, 11) is 0. The normalized spacial score (nSPS) is 13.7. The molecule has 1 amide bonds. The second kappa shape index (κ2) is 4.06. The molecule has 0 unspecified atom stereocenters. The summed E-state index contributed by atoms with van der Waals surface area (Å²) in [6.07, 6.45) is 1.58. The van der Waals surface area contributed by atoms with E-state index in [-0.39, 0.29) is 11.9 Å². The molecule has 0 aliphatic heterocycles. The molecular formula is C9H14N2O2S. The number of aromatic nitrogens is 1. The smallest absolute Gasteiger partial charge is 0.280 e. The highest BCUT2D eigenvalue weighted by molar-refractivity contribution is 7.11. The summed E-state index contributed by atoms with van der Waals surface area (Å²) in [5.41, 5.74) is -0.924. The molecule has 5 heteroatoms. The predicted molar refractivity (Wildman–Crippen MR) is 55.3 cm³/mol. The Bertz CT molecular complexity index is 303. The van der Waals surface area contributed by atoms with Crippen molar-refractivity contribution in [2.24, 2.45) is 0 Å². The van der Waals surface area contributed by atoms with Crippen molar-refractivity contribution in [1.82, 2.24) is 10.3 Å². The molecule has 1 heterocycles. The Morgan fingerprint density at radius 2 is 2.36 bits per heavy atom. The molecule has 1 atom stereocenters. The van der Waals surface area contributed by atoms with Gasteiger partial charge in [-0.3, -0.25) is 4.79 Å². The lowest BCUT2D eigenvalue weighted by Gasteiger charge is -2.26. The number of rotatable bonds is 3. The van der Waals surface area contributed by atoms with E-state index in [2.05, 4.69) is 10.3 Å². The molecule has 0 spiro atoms. The number of carbonyl (C=O) groups excluding carboxylic acids is 1. The van der Waals surface area contributed by atoms with Crippen molar-refractivity contribution in [1.29, 1.82) is 0 Å². The van der Waals surface area contributed by atoms with Crippen LogP contribution in [0.25, 0.3) is 0 Å². The molecule has 0 saturated carbocycles. The quantitative estimate of drug-likeness (QED) is 0.790. The van der Waals surface area contributed by atoms with Crippen LogP contribution in [0.1, 0.15) is 30.6 Å². The number of hydrogen-bond acceptors (Lipinski definition) is 4. The van der Waals surface area contributed by atoms with E-state index in [0.717, 1.165) is 0 Å². The Labute approximate surface area is 87.0 Å². The van der Waals surface area contributed by atoms with Gasteiger partial charge in [0.1, 0.15) is 0 Å². The maximum atomic E-state index is 11.5. The molecule has 14 heavy (non-hydrogen) atoms. The first-order valence-corrected chi connectivity index (χ1v) is 5.22. The lowest BCUT2D eigenvalue weighted by molar-refractivity contribution is 0.0409. The van der Waals surface area contributed by atoms with E-state index in [1.54, 1.807) is 32.3 Å². The summed E-state index contributed by atoms with van der Waals surface area (Å²) < 4.78 is 0. The van der Waals surface area contributed by atoms with Crippen molar-refractivity contribution >= 4 is 17.2 Å². The number of hydrogen-bond donors (Lipinski definition) is 2. The first-order chi connectivity index (χ1) is 6.41. The fourth-order valence-corrected chi connectivity index (χ4v) is 1.31. The number of nitrogens with zero attached hydrogens (tertiary/aromatic N) is 1. The van der Waals surface area contributed by atoms with Gasteiger partial charge in [0.15, 0.2) is 5.01 Å². The van der Waals surface area contributed by atoms with Gasteiger partial charge in [-0.15, -0.1) is 11.3 Å². The van der Waals surface area contributed by atoms with E-state index in [0.29, 0.717) is 5.01 Å². The highest BCUT2D eigenvalue weighted by Gasteiger charge is 2.24. The van der Waals surface area contributed by atoms with Crippen LogP contribution in [0, 0.1) is 0 Å². The van der Waals surface area contributed by atoms with E-state index in [9.17, 15) is 9.90 Å². The molecule has 0 fully saturated rings. The van der Waals surface area contributed by atoms with Gasteiger partial charge in [0.2, 0.25) is 0 Å². The minimum atomic E-state index is -0.924. The van der Waals surface area contributed by atoms with E-state index in [4.69, 9.17) is 0 Å². The minimum absolute atomic E-state index is 0.241. The van der Waals surface area contributed by atoms with Crippen molar-refractivity contribution in [3.05, 3.63) is 16.6 Å². The Morgan fingerprint density at radius 1 is 1.71 bits per heavy atom. The SMILES string of the molecule is C[C@@H](NC(=O)c1nccs1)C(C)(C)O. The molecule has 78 valence electrons. The second-order valence-electron chi connectivity index (χ2n) is 3.69. The van der Waals surface area contributed by atoms with E-state index in [1.807, 2.05) is 0 Å². The maximum Gasteiger partial charge on any atom is 0.280 e. The van der Waals surface area contributed by atoms with Crippen molar-refractivity contribution in [3.8, 4) is 0 Å². The van der Waals surface area contributed by atoms with Gasteiger partial charge in [-0.1, -0.05) is 0 Å². The third kappa shape index (κ3) is 2.78. The van der Waals surface area contributed by atoms with Crippen LogP contribution in [0.5, 0.6) is 0 Å². The highest BCUT2D eigenvalue weighted by Crippen LogP contribution is 2.09. The van der Waals surface area contributed by atoms with Crippen LogP contribution < -0.4 is 5.32 Å². The van der Waals surface area contributed by atoms with Gasteiger partial charge in [0.25, 0.3) is 5.91 Å². The molecule has 0 aromatic carbocycles. The van der Waals surface area contributed by atoms with Gasteiger partial charge in [-0.2, -0.15) is 0 Å². The summed E-state index contributed by atoms with van der Waals surface area (Å²) in [6.45, 7) is 5.06. The van der Waals surface area contributed by atoms with Crippen molar-refractivity contribution in [3.63, 3.8) is 0 Å². The van der Waals surface area contributed by atoms with Crippen molar-refractivity contribution < 1.29 is 9.90 Å². The van der Waals surface area contributed by atoms with Crippen LogP contribution in [0.2, 0.25) is 0 Å². The highest BCUT2D eigenvalue weighted by atomic mass is 32.1. The van der Waals surface area contributed by atoms with Crippen molar-refractivity contribution in [2.45, 2.75) is 32.4 Å². The predicted octanol–water partition coefficient (Wildman–Crippen LogP) is 1.03. The number of amides is 1. The molecule has 1 aromatic heterocycles.